The molecule has 3 nitrogen and oxygen atoms in total. The molecule has 0 aromatic heterocycles. The molecule has 1 amide bonds. The minimum atomic E-state index is -0.118. The van der Waals surface area contributed by atoms with E-state index < -0.39 is 0 Å². The topological polar surface area (TPSA) is 38.3 Å². The maximum Gasteiger partial charge on any atom is 0.255 e. The van der Waals surface area contributed by atoms with Crippen molar-refractivity contribution < 1.29 is 9.53 Å². The van der Waals surface area contributed by atoms with Gasteiger partial charge < -0.3 is 10.1 Å². The van der Waals surface area contributed by atoms with Crippen LogP contribution in [0.3, 0.4) is 0 Å². The van der Waals surface area contributed by atoms with Crippen molar-refractivity contribution in [1.82, 2.24) is 0 Å². The number of nitrogens with one attached hydrogen (secondary N) is 1. The van der Waals surface area contributed by atoms with Gasteiger partial charge in [0, 0.05) is 11.3 Å². The lowest BCUT2D eigenvalue weighted by atomic mass is 10.0. The molecule has 26 heavy (non-hydrogen) atoms. The molecular formula is C23H23NO2. The fourth-order valence-corrected chi connectivity index (χ4v) is 2.75. The van der Waals surface area contributed by atoms with Crippen LogP contribution in [0.25, 0.3) is 0 Å². The molecule has 0 aliphatic carbocycles. The molecule has 3 heteroatoms. The minimum Gasteiger partial charge on any atom is -0.489 e. The first-order valence-electron chi connectivity index (χ1n) is 8.80. The van der Waals surface area contributed by atoms with Crippen molar-refractivity contribution in [2.45, 2.75) is 26.4 Å². The van der Waals surface area contributed by atoms with Gasteiger partial charge in [-0.2, -0.15) is 0 Å². The Bertz CT molecular complexity index is 855. The van der Waals surface area contributed by atoms with Crippen molar-refractivity contribution in [3.05, 3.63) is 95.6 Å². The predicted octanol–water partition coefficient (Wildman–Crippen LogP) is 5.64. The fourth-order valence-electron chi connectivity index (χ4n) is 2.75. The first kappa shape index (κ1) is 17.7. The number of carbonyl (C=O) groups is 1. The minimum absolute atomic E-state index is 0.118. The highest BCUT2D eigenvalue weighted by Crippen LogP contribution is 2.24. The lowest BCUT2D eigenvalue weighted by molar-refractivity contribution is 0.102. The van der Waals surface area contributed by atoms with Gasteiger partial charge in [-0.15, -0.1) is 0 Å². The van der Waals surface area contributed by atoms with E-state index in [-0.39, 0.29) is 5.91 Å². The van der Waals surface area contributed by atoms with E-state index in [9.17, 15) is 4.79 Å². The molecule has 3 aromatic carbocycles. The molecule has 0 aliphatic rings. The van der Waals surface area contributed by atoms with Gasteiger partial charge in [0.2, 0.25) is 0 Å². The highest BCUT2D eigenvalue weighted by atomic mass is 16.5. The average Bonchev–Trinajstić information content (AvgIpc) is 2.68. The number of hydrogen-bond donors (Lipinski definition) is 1. The van der Waals surface area contributed by atoms with E-state index in [0.717, 1.165) is 22.6 Å². The highest BCUT2D eigenvalue weighted by molar-refractivity contribution is 6.04. The SMILES string of the molecule is CC(C)c1ccccc1NC(=O)c1ccc(OCc2ccccc2)cc1. The number of hydrogen-bond acceptors (Lipinski definition) is 2. The van der Waals surface area contributed by atoms with E-state index in [1.807, 2.05) is 66.7 Å². The van der Waals surface area contributed by atoms with E-state index in [1.165, 1.54) is 0 Å². The van der Waals surface area contributed by atoms with Gasteiger partial charge in [-0.25, -0.2) is 0 Å². The van der Waals surface area contributed by atoms with Crippen LogP contribution in [-0.4, -0.2) is 5.91 Å². The number of carbonyl (C=O) groups excluding carboxylic acids is 1. The fraction of sp³-hybridized carbons (Fsp3) is 0.174. The second-order valence-corrected chi connectivity index (χ2v) is 6.49. The van der Waals surface area contributed by atoms with Crippen LogP contribution in [0.2, 0.25) is 0 Å². The largest absolute Gasteiger partial charge is 0.489 e. The van der Waals surface area contributed by atoms with Crippen LogP contribution in [0, 0.1) is 0 Å². The van der Waals surface area contributed by atoms with Crippen LogP contribution in [-0.2, 0) is 6.61 Å². The standard InChI is InChI=1S/C23H23NO2/c1-17(2)21-10-6-7-11-22(21)24-23(25)19-12-14-20(15-13-19)26-16-18-8-4-3-5-9-18/h3-15,17H,16H2,1-2H3,(H,24,25). The Morgan fingerprint density at radius 3 is 2.23 bits per heavy atom. The van der Waals surface area contributed by atoms with Gasteiger partial charge in [-0.05, 0) is 47.4 Å². The zero-order valence-corrected chi connectivity index (χ0v) is 15.1. The summed E-state index contributed by atoms with van der Waals surface area (Å²) in [4.78, 5) is 12.5. The number of anilines is 1. The summed E-state index contributed by atoms with van der Waals surface area (Å²) in [7, 11) is 0. The molecule has 3 rings (SSSR count). The third-order valence-corrected chi connectivity index (χ3v) is 4.20. The van der Waals surface area contributed by atoms with Gasteiger partial charge in [-0.1, -0.05) is 62.4 Å². The molecule has 0 spiro atoms. The molecule has 3 aromatic rings. The summed E-state index contributed by atoms with van der Waals surface area (Å²) in [5, 5.41) is 3.01. The number of ether oxygens (including phenoxy) is 1. The zero-order valence-electron chi connectivity index (χ0n) is 15.1. The van der Waals surface area contributed by atoms with Crippen molar-refractivity contribution in [1.29, 1.82) is 0 Å². The van der Waals surface area contributed by atoms with E-state index >= 15 is 0 Å². The summed E-state index contributed by atoms with van der Waals surface area (Å²) in [5.74, 6) is 0.973. The number of rotatable bonds is 6. The molecule has 0 atom stereocenters. The normalized spacial score (nSPS) is 10.6. The van der Waals surface area contributed by atoms with Gasteiger partial charge in [0.1, 0.15) is 12.4 Å². The molecular weight excluding hydrogens is 322 g/mol. The van der Waals surface area contributed by atoms with Crippen molar-refractivity contribution in [2.24, 2.45) is 0 Å². The maximum atomic E-state index is 12.5. The van der Waals surface area contributed by atoms with Gasteiger partial charge in [-0.3, -0.25) is 4.79 Å². The molecule has 0 unspecified atom stereocenters. The Morgan fingerprint density at radius 1 is 0.885 bits per heavy atom. The van der Waals surface area contributed by atoms with Gasteiger partial charge in [0.25, 0.3) is 5.91 Å². The molecule has 0 fully saturated rings. The van der Waals surface area contributed by atoms with Crippen LogP contribution >= 0.6 is 0 Å². The van der Waals surface area contributed by atoms with Crippen LogP contribution < -0.4 is 10.1 Å². The Hall–Kier alpha value is -3.07. The highest BCUT2D eigenvalue weighted by Gasteiger charge is 2.11. The third-order valence-electron chi connectivity index (χ3n) is 4.20. The molecule has 0 bridgehead atoms. The van der Waals surface area contributed by atoms with Crippen molar-refractivity contribution >= 4 is 11.6 Å². The summed E-state index contributed by atoms with van der Waals surface area (Å²) in [6, 6.07) is 25.1. The summed E-state index contributed by atoms with van der Waals surface area (Å²) in [6.45, 7) is 4.74. The first-order valence-corrected chi connectivity index (χ1v) is 8.80. The Kier molecular flexibility index (Phi) is 5.69. The summed E-state index contributed by atoms with van der Waals surface area (Å²) < 4.78 is 5.76. The van der Waals surface area contributed by atoms with Crippen molar-refractivity contribution in [3.8, 4) is 5.75 Å². The smallest absolute Gasteiger partial charge is 0.255 e. The molecule has 0 aliphatic heterocycles. The van der Waals surface area contributed by atoms with E-state index in [4.69, 9.17) is 4.74 Å². The zero-order chi connectivity index (χ0) is 18.4. The second kappa shape index (κ2) is 8.34. The van der Waals surface area contributed by atoms with E-state index in [1.54, 1.807) is 12.1 Å². The lowest BCUT2D eigenvalue weighted by Gasteiger charge is -2.14. The van der Waals surface area contributed by atoms with Crippen molar-refractivity contribution in [3.63, 3.8) is 0 Å². The third kappa shape index (κ3) is 4.51. The lowest BCUT2D eigenvalue weighted by Crippen LogP contribution is -2.13. The average molecular weight is 345 g/mol. The Morgan fingerprint density at radius 2 is 1.54 bits per heavy atom. The van der Waals surface area contributed by atoms with E-state index in [2.05, 4.69) is 19.2 Å². The Balaban J connectivity index is 1.64. The van der Waals surface area contributed by atoms with Crippen LogP contribution in [0.15, 0.2) is 78.9 Å². The van der Waals surface area contributed by atoms with Gasteiger partial charge in [0.05, 0.1) is 0 Å². The van der Waals surface area contributed by atoms with Gasteiger partial charge in [0.15, 0.2) is 0 Å². The number of amides is 1. The molecule has 132 valence electrons. The molecule has 0 saturated heterocycles. The molecule has 0 heterocycles. The summed E-state index contributed by atoms with van der Waals surface area (Å²) >= 11 is 0. The monoisotopic (exact) mass is 345 g/mol. The van der Waals surface area contributed by atoms with Crippen molar-refractivity contribution in [2.75, 3.05) is 5.32 Å². The predicted molar refractivity (Wildman–Crippen MR) is 106 cm³/mol. The molecule has 0 saturated carbocycles. The maximum absolute atomic E-state index is 12.5. The summed E-state index contributed by atoms with van der Waals surface area (Å²) in [5.41, 5.74) is 3.70. The number of para-hydroxylation sites is 1. The molecule has 0 radical (unpaired) electrons. The van der Waals surface area contributed by atoms with Gasteiger partial charge >= 0.3 is 0 Å². The van der Waals surface area contributed by atoms with Crippen LogP contribution in [0.5, 0.6) is 5.75 Å². The summed E-state index contributed by atoms with van der Waals surface area (Å²) in [6.07, 6.45) is 0. The molecule has 1 N–H and O–H groups in total. The Labute approximate surface area is 154 Å². The second-order valence-electron chi connectivity index (χ2n) is 6.49. The number of benzene rings is 3. The van der Waals surface area contributed by atoms with E-state index in [0.29, 0.717) is 18.1 Å². The first-order chi connectivity index (χ1) is 12.6. The van der Waals surface area contributed by atoms with Crippen LogP contribution in [0.1, 0.15) is 41.3 Å². The van der Waals surface area contributed by atoms with Crippen LogP contribution in [0.4, 0.5) is 5.69 Å². The quantitative estimate of drug-likeness (QED) is 0.628.